The SMILES string of the molecule is Cn1cccc(NC(=O)NC2CCN(c3ccccc3OC(F)F)C2)c1=O. The summed E-state index contributed by atoms with van der Waals surface area (Å²) in [7, 11) is 1.60. The Morgan fingerprint density at radius 1 is 1.26 bits per heavy atom. The number of halogens is 2. The Morgan fingerprint density at radius 3 is 2.81 bits per heavy atom. The van der Waals surface area contributed by atoms with Crippen molar-refractivity contribution in [3.63, 3.8) is 0 Å². The molecule has 1 aromatic carbocycles. The smallest absolute Gasteiger partial charge is 0.387 e. The van der Waals surface area contributed by atoms with Gasteiger partial charge in [0.15, 0.2) is 0 Å². The van der Waals surface area contributed by atoms with Crippen molar-refractivity contribution < 1.29 is 18.3 Å². The van der Waals surface area contributed by atoms with Gasteiger partial charge in [0.05, 0.1) is 5.69 Å². The Bertz CT molecular complexity index is 872. The summed E-state index contributed by atoms with van der Waals surface area (Å²) in [6, 6.07) is 9.08. The van der Waals surface area contributed by atoms with Gasteiger partial charge in [-0.15, -0.1) is 0 Å². The van der Waals surface area contributed by atoms with E-state index in [1.165, 1.54) is 16.7 Å². The number of aromatic nitrogens is 1. The van der Waals surface area contributed by atoms with E-state index in [0.29, 0.717) is 25.2 Å². The number of carbonyl (C=O) groups excluding carboxylic acids is 1. The molecule has 1 aliphatic rings. The highest BCUT2D eigenvalue weighted by Crippen LogP contribution is 2.31. The lowest BCUT2D eigenvalue weighted by molar-refractivity contribution is -0.0495. The molecule has 3 rings (SSSR count). The number of aryl methyl sites for hydroxylation is 1. The number of para-hydroxylation sites is 2. The Kier molecular flexibility index (Phi) is 5.58. The molecule has 2 amide bonds. The van der Waals surface area contributed by atoms with Crippen molar-refractivity contribution >= 4 is 17.4 Å². The molecule has 0 radical (unpaired) electrons. The second kappa shape index (κ2) is 8.07. The minimum atomic E-state index is -2.90. The first-order valence-electron chi connectivity index (χ1n) is 8.46. The zero-order chi connectivity index (χ0) is 19.4. The van der Waals surface area contributed by atoms with E-state index in [1.54, 1.807) is 37.5 Å². The number of rotatable bonds is 5. The summed E-state index contributed by atoms with van der Waals surface area (Å²) in [4.78, 5) is 26.0. The van der Waals surface area contributed by atoms with Crippen LogP contribution >= 0.6 is 0 Å². The number of amides is 2. The van der Waals surface area contributed by atoms with Crippen LogP contribution in [0.5, 0.6) is 5.75 Å². The lowest BCUT2D eigenvalue weighted by Crippen LogP contribution is -2.40. The van der Waals surface area contributed by atoms with Gasteiger partial charge in [-0.05, 0) is 30.7 Å². The largest absolute Gasteiger partial charge is 0.433 e. The van der Waals surface area contributed by atoms with E-state index in [2.05, 4.69) is 15.4 Å². The molecule has 1 aromatic heterocycles. The summed E-state index contributed by atoms with van der Waals surface area (Å²) in [5.41, 5.74) is 0.432. The first kappa shape index (κ1) is 18.7. The highest BCUT2D eigenvalue weighted by atomic mass is 19.3. The number of anilines is 2. The van der Waals surface area contributed by atoms with Gasteiger partial charge in [-0.1, -0.05) is 12.1 Å². The van der Waals surface area contributed by atoms with Crippen LogP contribution in [-0.4, -0.2) is 36.3 Å². The molecule has 2 aromatic rings. The highest BCUT2D eigenvalue weighted by Gasteiger charge is 2.26. The number of carbonyl (C=O) groups is 1. The molecule has 0 aliphatic carbocycles. The summed E-state index contributed by atoms with van der Waals surface area (Å²) in [5.74, 6) is 0.102. The standard InChI is InChI=1S/C18H20F2N4O3/c1-23-9-4-5-13(16(23)25)22-18(26)21-12-8-10-24(11-12)14-6-2-3-7-15(14)27-17(19)20/h2-7,9,12,17H,8,10-11H2,1H3,(H2,21,22,26). The number of nitrogens with zero attached hydrogens (tertiary/aromatic N) is 2. The van der Waals surface area contributed by atoms with Gasteiger partial charge in [0, 0.05) is 32.4 Å². The summed E-state index contributed by atoms with van der Waals surface area (Å²) in [5, 5.41) is 5.35. The Balaban J connectivity index is 1.61. The van der Waals surface area contributed by atoms with Gasteiger partial charge >= 0.3 is 12.6 Å². The molecule has 0 bridgehead atoms. The van der Waals surface area contributed by atoms with Crippen molar-refractivity contribution in [2.75, 3.05) is 23.3 Å². The third kappa shape index (κ3) is 4.55. The van der Waals surface area contributed by atoms with Gasteiger partial charge in [0.25, 0.3) is 5.56 Å². The van der Waals surface area contributed by atoms with Crippen LogP contribution < -0.4 is 25.8 Å². The Hall–Kier alpha value is -3.10. The van der Waals surface area contributed by atoms with Gasteiger partial charge in [-0.25, -0.2) is 4.79 Å². The fraction of sp³-hybridized carbons (Fsp3) is 0.333. The molecule has 27 heavy (non-hydrogen) atoms. The van der Waals surface area contributed by atoms with E-state index in [-0.39, 0.29) is 23.0 Å². The Morgan fingerprint density at radius 2 is 2.04 bits per heavy atom. The molecule has 9 heteroatoms. The molecular weight excluding hydrogens is 358 g/mol. The molecule has 1 unspecified atom stereocenters. The number of urea groups is 1. The monoisotopic (exact) mass is 378 g/mol. The fourth-order valence-corrected chi connectivity index (χ4v) is 3.05. The number of hydrogen-bond donors (Lipinski definition) is 2. The van der Waals surface area contributed by atoms with Crippen LogP contribution in [0.3, 0.4) is 0 Å². The summed E-state index contributed by atoms with van der Waals surface area (Å²) < 4.78 is 31.1. The predicted octanol–water partition coefficient (Wildman–Crippen LogP) is 2.39. The number of alkyl halides is 2. The third-order valence-electron chi connectivity index (χ3n) is 4.32. The van der Waals surface area contributed by atoms with Crippen molar-refractivity contribution in [3.05, 3.63) is 52.9 Å². The molecule has 144 valence electrons. The van der Waals surface area contributed by atoms with Crippen LogP contribution in [0.4, 0.5) is 25.0 Å². The lowest BCUT2D eigenvalue weighted by atomic mass is 10.2. The fourth-order valence-electron chi connectivity index (χ4n) is 3.05. The molecule has 0 spiro atoms. The molecule has 1 saturated heterocycles. The number of benzene rings is 1. The quantitative estimate of drug-likeness (QED) is 0.838. The lowest BCUT2D eigenvalue weighted by Gasteiger charge is -2.22. The first-order valence-corrected chi connectivity index (χ1v) is 8.46. The maximum Gasteiger partial charge on any atom is 0.387 e. The maximum absolute atomic E-state index is 12.6. The molecule has 1 aliphatic heterocycles. The number of nitrogens with one attached hydrogen (secondary N) is 2. The van der Waals surface area contributed by atoms with Crippen molar-refractivity contribution in [3.8, 4) is 5.75 Å². The van der Waals surface area contributed by atoms with E-state index in [9.17, 15) is 18.4 Å². The van der Waals surface area contributed by atoms with Crippen LogP contribution in [0.25, 0.3) is 0 Å². The van der Waals surface area contributed by atoms with Crippen molar-refractivity contribution in [1.29, 1.82) is 0 Å². The molecule has 0 saturated carbocycles. The summed E-state index contributed by atoms with van der Waals surface area (Å²) in [6.45, 7) is -1.87. The van der Waals surface area contributed by atoms with Crippen LogP contribution in [0.15, 0.2) is 47.4 Å². The van der Waals surface area contributed by atoms with Gasteiger partial charge in [0.2, 0.25) is 0 Å². The van der Waals surface area contributed by atoms with Crippen LogP contribution in [0.2, 0.25) is 0 Å². The number of pyridine rings is 1. The number of ether oxygens (including phenoxy) is 1. The van der Waals surface area contributed by atoms with Crippen LogP contribution in [-0.2, 0) is 7.05 Å². The van der Waals surface area contributed by atoms with E-state index in [4.69, 9.17) is 0 Å². The third-order valence-corrected chi connectivity index (χ3v) is 4.32. The van der Waals surface area contributed by atoms with Crippen molar-refractivity contribution in [2.24, 2.45) is 7.05 Å². The predicted molar refractivity (Wildman–Crippen MR) is 97.5 cm³/mol. The van der Waals surface area contributed by atoms with Gasteiger partial charge in [0.1, 0.15) is 11.4 Å². The average molecular weight is 378 g/mol. The molecule has 1 atom stereocenters. The minimum Gasteiger partial charge on any atom is -0.433 e. The Labute approximate surface area is 154 Å². The number of hydrogen-bond acceptors (Lipinski definition) is 4. The van der Waals surface area contributed by atoms with E-state index in [1.807, 2.05) is 4.90 Å². The second-order valence-electron chi connectivity index (χ2n) is 6.21. The second-order valence-corrected chi connectivity index (χ2v) is 6.21. The van der Waals surface area contributed by atoms with Crippen molar-refractivity contribution in [1.82, 2.24) is 9.88 Å². The molecule has 2 N–H and O–H groups in total. The first-order chi connectivity index (χ1) is 12.9. The van der Waals surface area contributed by atoms with Gasteiger partial charge in [-0.3, -0.25) is 4.79 Å². The van der Waals surface area contributed by atoms with E-state index >= 15 is 0 Å². The van der Waals surface area contributed by atoms with E-state index < -0.39 is 12.6 Å². The topological polar surface area (TPSA) is 75.6 Å². The highest BCUT2D eigenvalue weighted by molar-refractivity contribution is 5.89. The summed E-state index contributed by atoms with van der Waals surface area (Å²) in [6.07, 6.45) is 2.24. The molecule has 1 fully saturated rings. The minimum absolute atomic E-state index is 0.102. The van der Waals surface area contributed by atoms with Crippen LogP contribution in [0.1, 0.15) is 6.42 Å². The molecule has 7 nitrogen and oxygen atoms in total. The molecule has 2 heterocycles. The summed E-state index contributed by atoms with van der Waals surface area (Å²) >= 11 is 0. The van der Waals surface area contributed by atoms with Crippen molar-refractivity contribution in [2.45, 2.75) is 19.1 Å². The zero-order valence-corrected chi connectivity index (χ0v) is 14.7. The van der Waals surface area contributed by atoms with Crippen LogP contribution in [0, 0.1) is 0 Å². The van der Waals surface area contributed by atoms with Gasteiger partial charge < -0.3 is 24.8 Å². The van der Waals surface area contributed by atoms with E-state index in [0.717, 1.165) is 0 Å². The maximum atomic E-state index is 12.6. The normalized spacial score (nSPS) is 16.4. The zero-order valence-electron chi connectivity index (χ0n) is 14.7. The average Bonchev–Trinajstić information content (AvgIpc) is 3.07. The van der Waals surface area contributed by atoms with Gasteiger partial charge in [-0.2, -0.15) is 8.78 Å². The molecular formula is C18H20F2N4O3.